The topological polar surface area (TPSA) is 21.3 Å². The monoisotopic (exact) mass is 233 g/mol. The van der Waals surface area contributed by atoms with E-state index in [1.165, 1.54) is 36.9 Å². The number of aryl methyl sites for hydroxylation is 1. The number of hydrogen-bond acceptors (Lipinski definition) is 2. The molecule has 0 aliphatic carbocycles. The average molecular weight is 233 g/mol. The van der Waals surface area contributed by atoms with Crippen LogP contribution in [0.5, 0.6) is 5.75 Å². The van der Waals surface area contributed by atoms with Crippen LogP contribution in [0.4, 0.5) is 0 Å². The van der Waals surface area contributed by atoms with E-state index in [1.807, 2.05) is 0 Å². The average Bonchev–Trinajstić information content (AvgIpc) is 2.36. The van der Waals surface area contributed by atoms with Crippen LogP contribution in [0.1, 0.15) is 36.8 Å². The first-order valence-electron chi connectivity index (χ1n) is 6.70. The van der Waals surface area contributed by atoms with Gasteiger partial charge < -0.3 is 10.1 Å². The zero-order valence-electron chi connectivity index (χ0n) is 11.0. The van der Waals surface area contributed by atoms with E-state index in [0.717, 1.165) is 18.8 Å². The second kappa shape index (κ2) is 6.06. The van der Waals surface area contributed by atoms with E-state index >= 15 is 0 Å². The summed E-state index contributed by atoms with van der Waals surface area (Å²) in [6, 6.07) is 6.92. The van der Waals surface area contributed by atoms with E-state index in [9.17, 15) is 0 Å². The highest BCUT2D eigenvalue weighted by molar-refractivity contribution is 5.38. The van der Waals surface area contributed by atoms with Gasteiger partial charge in [0, 0.05) is 6.04 Å². The molecular weight excluding hydrogens is 210 g/mol. The van der Waals surface area contributed by atoms with Crippen molar-refractivity contribution in [3.05, 3.63) is 29.3 Å². The molecule has 2 nitrogen and oxygen atoms in total. The summed E-state index contributed by atoms with van der Waals surface area (Å²) < 4.78 is 5.88. The van der Waals surface area contributed by atoms with Crippen molar-refractivity contribution in [3.63, 3.8) is 0 Å². The molecule has 0 radical (unpaired) electrons. The van der Waals surface area contributed by atoms with Gasteiger partial charge in [-0.15, -0.1) is 0 Å². The summed E-state index contributed by atoms with van der Waals surface area (Å²) in [4.78, 5) is 0. The predicted molar refractivity (Wildman–Crippen MR) is 71.7 cm³/mol. The molecule has 1 saturated heterocycles. The van der Waals surface area contributed by atoms with Crippen LogP contribution in [-0.2, 0) is 0 Å². The summed E-state index contributed by atoms with van der Waals surface area (Å²) in [5, 5.41) is 3.55. The van der Waals surface area contributed by atoms with Gasteiger partial charge in [-0.05, 0) is 56.8 Å². The molecule has 1 heterocycles. The van der Waals surface area contributed by atoms with Gasteiger partial charge in [0.2, 0.25) is 0 Å². The van der Waals surface area contributed by atoms with E-state index < -0.39 is 0 Å². The predicted octanol–water partition coefficient (Wildman–Crippen LogP) is 3.21. The molecule has 1 aliphatic heterocycles. The Hall–Kier alpha value is -1.02. The van der Waals surface area contributed by atoms with Crippen LogP contribution >= 0.6 is 0 Å². The largest absolute Gasteiger partial charge is 0.493 e. The molecule has 1 aliphatic rings. The van der Waals surface area contributed by atoms with Crippen molar-refractivity contribution in [1.82, 2.24) is 5.32 Å². The molecule has 0 spiro atoms. The third kappa shape index (κ3) is 3.47. The minimum Gasteiger partial charge on any atom is -0.493 e. The molecule has 0 saturated carbocycles. The zero-order chi connectivity index (χ0) is 12.1. The molecule has 0 amide bonds. The number of ether oxygens (including phenoxy) is 1. The quantitative estimate of drug-likeness (QED) is 0.862. The van der Waals surface area contributed by atoms with Gasteiger partial charge in [0.05, 0.1) is 6.61 Å². The lowest BCUT2D eigenvalue weighted by molar-refractivity contribution is 0.267. The molecule has 94 valence electrons. The van der Waals surface area contributed by atoms with Gasteiger partial charge in [-0.25, -0.2) is 0 Å². The van der Waals surface area contributed by atoms with E-state index in [0.29, 0.717) is 6.04 Å². The highest BCUT2D eigenvalue weighted by atomic mass is 16.5. The summed E-state index contributed by atoms with van der Waals surface area (Å²) in [5.74, 6) is 1.04. The number of benzene rings is 1. The van der Waals surface area contributed by atoms with E-state index in [-0.39, 0.29) is 0 Å². The number of nitrogens with one attached hydrogen (secondary N) is 1. The smallest absolute Gasteiger partial charge is 0.122 e. The molecule has 0 bridgehead atoms. The van der Waals surface area contributed by atoms with Gasteiger partial charge in [-0.3, -0.25) is 0 Å². The minimum absolute atomic E-state index is 0.661. The van der Waals surface area contributed by atoms with Crippen molar-refractivity contribution in [1.29, 1.82) is 0 Å². The molecule has 0 unspecified atom stereocenters. The van der Waals surface area contributed by atoms with Crippen LogP contribution in [-0.4, -0.2) is 19.2 Å². The Labute approximate surface area is 104 Å². The Morgan fingerprint density at radius 1 is 1.29 bits per heavy atom. The van der Waals surface area contributed by atoms with Crippen LogP contribution in [0.3, 0.4) is 0 Å². The van der Waals surface area contributed by atoms with Crippen LogP contribution in [0.15, 0.2) is 18.2 Å². The summed E-state index contributed by atoms with van der Waals surface area (Å²) in [6.45, 7) is 6.25. The summed E-state index contributed by atoms with van der Waals surface area (Å²) in [7, 11) is 0. The highest BCUT2D eigenvalue weighted by Crippen LogP contribution is 2.21. The standard InChI is InChI=1S/C15H23NO/c1-12-6-5-8-15(13(12)2)17-11-9-14-7-3-4-10-16-14/h5-6,8,14,16H,3-4,7,9-11H2,1-2H3/t14-/m0/s1. The lowest BCUT2D eigenvalue weighted by Crippen LogP contribution is -2.35. The first kappa shape index (κ1) is 12.4. The molecule has 17 heavy (non-hydrogen) atoms. The lowest BCUT2D eigenvalue weighted by Gasteiger charge is -2.23. The van der Waals surface area contributed by atoms with Crippen LogP contribution in [0, 0.1) is 13.8 Å². The Balaban J connectivity index is 1.79. The highest BCUT2D eigenvalue weighted by Gasteiger charge is 2.12. The van der Waals surface area contributed by atoms with Crippen molar-refractivity contribution in [2.45, 2.75) is 45.6 Å². The van der Waals surface area contributed by atoms with E-state index in [2.05, 4.69) is 37.4 Å². The molecule has 0 aromatic heterocycles. The van der Waals surface area contributed by atoms with Gasteiger partial charge in [0.15, 0.2) is 0 Å². The molecule has 1 atom stereocenters. The van der Waals surface area contributed by atoms with Crippen LogP contribution in [0.25, 0.3) is 0 Å². The molecule has 1 aromatic rings. The summed E-state index contributed by atoms with van der Waals surface area (Å²) >= 11 is 0. The maximum absolute atomic E-state index is 5.88. The van der Waals surface area contributed by atoms with E-state index in [1.54, 1.807) is 0 Å². The van der Waals surface area contributed by atoms with Gasteiger partial charge in [-0.1, -0.05) is 18.6 Å². The Morgan fingerprint density at radius 3 is 2.94 bits per heavy atom. The zero-order valence-corrected chi connectivity index (χ0v) is 11.0. The fourth-order valence-corrected chi connectivity index (χ4v) is 2.36. The van der Waals surface area contributed by atoms with Crippen molar-refractivity contribution in [3.8, 4) is 5.75 Å². The first-order valence-corrected chi connectivity index (χ1v) is 6.70. The molecule has 1 fully saturated rings. The van der Waals surface area contributed by atoms with Crippen molar-refractivity contribution < 1.29 is 4.74 Å². The molecule has 1 aromatic carbocycles. The summed E-state index contributed by atoms with van der Waals surface area (Å²) in [6.07, 6.45) is 5.11. The van der Waals surface area contributed by atoms with Gasteiger partial charge in [0.1, 0.15) is 5.75 Å². The van der Waals surface area contributed by atoms with Gasteiger partial charge >= 0.3 is 0 Å². The van der Waals surface area contributed by atoms with Gasteiger partial charge in [0.25, 0.3) is 0 Å². The molecular formula is C15H23NO. The minimum atomic E-state index is 0.661. The van der Waals surface area contributed by atoms with Crippen molar-refractivity contribution in [2.24, 2.45) is 0 Å². The third-order valence-corrected chi connectivity index (χ3v) is 3.69. The Bertz CT molecular complexity index is 356. The number of rotatable bonds is 4. The van der Waals surface area contributed by atoms with E-state index in [4.69, 9.17) is 4.74 Å². The Kier molecular flexibility index (Phi) is 4.43. The fourth-order valence-electron chi connectivity index (χ4n) is 2.36. The Morgan fingerprint density at radius 2 is 2.18 bits per heavy atom. The molecule has 2 heteroatoms. The van der Waals surface area contributed by atoms with Crippen LogP contribution < -0.4 is 10.1 Å². The van der Waals surface area contributed by atoms with Crippen molar-refractivity contribution in [2.75, 3.05) is 13.2 Å². The second-order valence-electron chi connectivity index (χ2n) is 4.98. The third-order valence-electron chi connectivity index (χ3n) is 3.69. The SMILES string of the molecule is Cc1cccc(OCC[C@@H]2CCCCN2)c1C. The van der Waals surface area contributed by atoms with Crippen LogP contribution in [0.2, 0.25) is 0 Å². The normalized spacial score (nSPS) is 20.2. The summed E-state index contributed by atoms with van der Waals surface area (Å²) in [5.41, 5.74) is 2.57. The van der Waals surface area contributed by atoms with Gasteiger partial charge in [-0.2, -0.15) is 0 Å². The lowest BCUT2D eigenvalue weighted by atomic mass is 10.0. The maximum atomic E-state index is 5.88. The number of piperidine rings is 1. The fraction of sp³-hybridized carbons (Fsp3) is 0.600. The second-order valence-corrected chi connectivity index (χ2v) is 4.98. The van der Waals surface area contributed by atoms with Crippen molar-refractivity contribution >= 4 is 0 Å². The maximum Gasteiger partial charge on any atom is 0.122 e. The molecule has 2 rings (SSSR count). The number of hydrogen-bond donors (Lipinski definition) is 1. The first-order chi connectivity index (χ1) is 8.27. The molecule has 1 N–H and O–H groups in total.